The second kappa shape index (κ2) is 7.67. The SMILES string of the molecule is NCc1ccc(S(=O)(=O)n2c(CCCC(=O)O)cc3nc(Cl)ccc32)cc1. The molecular formula is C18H18ClN3O4S. The van der Waals surface area contributed by atoms with Crippen molar-refractivity contribution < 1.29 is 18.3 Å². The first kappa shape index (κ1) is 19.3. The number of hydrogen-bond acceptors (Lipinski definition) is 5. The number of aliphatic carboxylic acids is 1. The van der Waals surface area contributed by atoms with E-state index < -0.39 is 16.0 Å². The van der Waals surface area contributed by atoms with Gasteiger partial charge in [-0.15, -0.1) is 0 Å². The molecule has 1 aromatic carbocycles. The van der Waals surface area contributed by atoms with Crippen molar-refractivity contribution >= 4 is 38.6 Å². The number of aromatic nitrogens is 2. The summed E-state index contributed by atoms with van der Waals surface area (Å²) >= 11 is 5.93. The average Bonchev–Trinajstić information content (AvgIpc) is 2.99. The van der Waals surface area contributed by atoms with E-state index in [0.717, 1.165) is 5.56 Å². The van der Waals surface area contributed by atoms with Crippen LogP contribution in [0.5, 0.6) is 0 Å². The lowest BCUT2D eigenvalue weighted by molar-refractivity contribution is -0.137. The number of pyridine rings is 1. The molecular weight excluding hydrogens is 390 g/mol. The number of aryl methyl sites for hydroxylation is 1. The van der Waals surface area contributed by atoms with Crippen molar-refractivity contribution in [3.05, 3.63) is 58.9 Å². The van der Waals surface area contributed by atoms with Crippen LogP contribution >= 0.6 is 11.6 Å². The van der Waals surface area contributed by atoms with Crippen LogP contribution in [0.25, 0.3) is 11.0 Å². The molecule has 2 aromatic heterocycles. The zero-order valence-corrected chi connectivity index (χ0v) is 15.9. The lowest BCUT2D eigenvalue weighted by Crippen LogP contribution is -2.16. The Morgan fingerprint density at radius 2 is 1.89 bits per heavy atom. The van der Waals surface area contributed by atoms with Gasteiger partial charge in [-0.1, -0.05) is 23.7 Å². The fourth-order valence-corrected chi connectivity index (χ4v) is 4.58. The smallest absolute Gasteiger partial charge is 0.303 e. The standard InChI is InChI=1S/C18H18ClN3O4S/c19-17-9-8-16-15(21-17)10-13(2-1-3-18(23)24)22(16)27(25,26)14-6-4-12(11-20)5-7-14/h4-10H,1-3,11,20H2,(H,23,24). The first-order chi connectivity index (χ1) is 12.8. The van der Waals surface area contributed by atoms with Gasteiger partial charge in [-0.05, 0) is 48.7 Å². The van der Waals surface area contributed by atoms with Crippen LogP contribution in [-0.2, 0) is 27.8 Å². The number of hydrogen-bond donors (Lipinski definition) is 2. The number of carboxylic acids is 1. The van der Waals surface area contributed by atoms with Crippen LogP contribution in [0.2, 0.25) is 5.15 Å². The third-order valence-electron chi connectivity index (χ3n) is 4.17. The van der Waals surface area contributed by atoms with Crippen molar-refractivity contribution in [2.75, 3.05) is 0 Å². The van der Waals surface area contributed by atoms with Gasteiger partial charge in [0.25, 0.3) is 10.0 Å². The first-order valence-corrected chi connectivity index (χ1v) is 10.1. The molecule has 0 aliphatic rings. The highest BCUT2D eigenvalue weighted by Crippen LogP contribution is 2.27. The Kier molecular flexibility index (Phi) is 5.50. The number of fused-ring (bicyclic) bond motifs is 1. The van der Waals surface area contributed by atoms with Crippen LogP contribution in [-0.4, -0.2) is 28.5 Å². The van der Waals surface area contributed by atoms with Crippen molar-refractivity contribution in [2.24, 2.45) is 5.73 Å². The molecule has 0 saturated heterocycles. The van der Waals surface area contributed by atoms with Crippen molar-refractivity contribution in [2.45, 2.75) is 30.7 Å². The third kappa shape index (κ3) is 3.97. The molecule has 3 N–H and O–H groups in total. The van der Waals surface area contributed by atoms with Gasteiger partial charge in [0.1, 0.15) is 5.15 Å². The molecule has 0 radical (unpaired) electrons. The lowest BCUT2D eigenvalue weighted by atomic mass is 10.2. The van der Waals surface area contributed by atoms with Gasteiger partial charge in [-0.25, -0.2) is 17.4 Å². The van der Waals surface area contributed by atoms with Crippen LogP contribution in [0.3, 0.4) is 0 Å². The summed E-state index contributed by atoms with van der Waals surface area (Å²) in [5.41, 5.74) is 7.69. The van der Waals surface area contributed by atoms with Crippen LogP contribution in [0.1, 0.15) is 24.1 Å². The van der Waals surface area contributed by atoms with Gasteiger partial charge in [0, 0.05) is 18.7 Å². The van der Waals surface area contributed by atoms with E-state index in [9.17, 15) is 13.2 Å². The van der Waals surface area contributed by atoms with E-state index in [0.29, 0.717) is 29.7 Å². The van der Waals surface area contributed by atoms with E-state index in [4.69, 9.17) is 22.4 Å². The third-order valence-corrected chi connectivity index (χ3v) is 6.16. The summed E-state index contributed by atoms with van der Waals surface area (Å²) in [5, 5.41) is 9.11. The van der Waals surface area contributed by atoms with Gasteiger partial charge in [-0.2, -0.15) is 0 Å². The average molecular weight is 408 g/mol. The molecule has 3 aromatic rings. The number of nitrogens with zero attached hydrogens (tertiary/aromatic N) is 2. The van der Waals surface area contributed by atoms with Gasteiger partial charge in [0.05, 0.1) is 15.9 Å². The molecule has 0 unspecified atom stereocenters. The van der Waals surface area contributed by atoms with Crippen LogP contribution in [0.4, 0.5) is 0 Å². The lowest BCUT2D eigenvalue weighted by Gasteiger charge is -2.12. The molecule has 0 aliphatic carbocycles. The van der Waals surface area contributed by atoms with Crippen molar-refractivity contribution in [3.8, 4) is 0 Å². The predicted octanol–water partition coefficient (Wildman–Crippen LogP) is 2.79. The summed E-state index contributed by atoms with van der Waals surface area (Å²) in [4.78, 5) is 15.1. The van der Waals surface area contributed by atoms with E-state index in [1.54, 1.807) is 24.3 Å². The van der Waals surface area contributed by atoms with Gasteiger partial charge in [-0.3, -0.25) is 4.79 Å². The van der Waals surface area contributed by atoms with E-state index in [1.165, 1.54) is 22.2 Å². The zero-order valence-electron chi connectivity index (χ0n) is 14.3. The fraction of sp³-hybridized carbons (Fsp3) is 0.222. The minimum atomic E-state index is -3.90. The van der Waals surface area contributed by atoms with E-state index in [-0.39, 0.29) is 22.9 Å². The highest BCUT2D eigenvalue weighted by Gasteiger charge is 2.23. The summed E-state index contributed by atoms with van der Waals surface area (Å²) in [6, 6.07) is 11.1. The molecule has 0 bridgehead atoms. The molecule has 27 heavy (non-hydrogen) atoms. The van der Waals surface area contributed by atoms with E-state index in [1.807, 2.05) is 0 Å². The van der Waals surface area contributed by atoms with Crippen LogP contribution in [0.15, 0.2) is 47.4 Å². The summed E-state index contributed by atoms with van der Waals surface area (Å²) in [6.07, 6.45) is 0.530. The van der Waals surface area contributed by atoms with Crippen molar-refractivity contribution in [3.63, 3.8) is 0 Å². The number of carbonyl (C=O) groups is 1. The number of rotatable bonds is 7. The molecule has 0 fully saturated rings. The molecule has 0 spiro atoms. The zero-order chi connectivity index (χ0) is 19.6. The number of nitrogens with two attached hydrogens (primary N) is 1. The monoisotopic (exact) mass is 407 g/mol. The Bertz CT molecular complexity index is 1090. The van der Waals surface area contributed by atoms with Gasteiger partial charge < -0.3 is 10.8 Å². The topological polar surface area (TPSA) is 115 Å². The molecule has 0 aliphatic heterocycles. The molecule has 3 rings (SSSR count). The minimum Gasteiger partial charge on any atom is -0.481 e. The Labute approximate surface area is 161 Å². The number of carboxylic acid groups (broad SMARTS) is 1. The maximum Gasteiger partial charge on any atom is 0.303 e. The second-order valence-electron chi connectivity index (χ2n) is 6.04. The predicted molar refractivity (Wildman–Crippen MR) is 102 cm³/mol. The Morgan fingerprint density at radius 3 is 2.52 bits per heavy atom. The fourth-order valence-electron chi connectivity index (χ4n) is 2.87. The van der Waals surface area contributed by atoms with Gasteiger partial charge >= 0.3 is 5.97 Å². The summed E-state index contributed by atoms with van der Waals surface area (Å²) in [7, 11) is -3.90. The molecule has 9 heteroatoms. The first-order valence-electron chi connectivity index (χ1n) is 8.26. The Morgan fingerprint density at radius 1 is 1.19 bits per heavy atom. The Hall–Kier alpha value is -2.42. The summed E-state index contributed by atoms with van der Waals surface area (Å²) in [5.74, 6) is -0.931. The summed E-state index contributed by atoms with van der Waals surface area (Å²) in [6.45, 7) is 0.315. The number of benzene rings is 1. The highest BCUT2D eigenvalue weighted by molar-refractivity contribution is 7.90. The van der Waals surface area contributed by atoms with E-state index in [2.05, 4.69) is 4.98 Å². The van der Waals surface area contributed by atoms with Crippen molar-refractivity contribution in [1.82, 2.24) is 8.96 Å². The maximum atomic E-state index is 13.3. The molecule has 0 saturated carbocycles. The largest absolute Gasteiger partial charge is 0.481 e. The van der Waals surface area contributed by atoms with Gasteiger partial charge in [0.15, 0.2) is 0 Å². The van der Waals surface area contributed by atoms with E-state index >= 15 is 0 Å². The molecule has 0 amide bonds. The molecule has 0 atom stereocenters. The molecule has 2 heterocycles. The summed E-state index contributed by atoms with van der Waals surface area (Å²) < 4.78 is 27.7. The van der Waals surface area contributed by atoms with Gasteiger partial charge in [0.2, 0.25) is 0 Å². The number of halogens is 1. The van der Waals surface area contributed by atoms with Crippen LogP contribution in [0, 0.1) is 0 Å². The minimum absolute atomic E-state index is 0.0546. The quantitative estimate of drug-likeness (QED) is 0.582. The highest BCUT2D eigenvalue weighted by atomic mass is 35.5. The van der Waals surface area contributed by atoms with Crippen molar-refractivity contribution in [1.29, 1.82) is 0 Å². The Balaban J connectivity index is 2.12. The maximum absolute atomic E-state index is 13.3. The second-order valence-corrected chi connectivity index (χ2v) is 8.21. The molecule has 142 valence electrons. The normalized spacial score (nSPS) is 11.8. The van der Waals surface area contributed by atoms with Crippen LogP contribution < -0.4 is 5.73 Å². The molecule has 7 nitrogen and oxygen atoms in total.